The van der Waals surface area contributed by atoms with Gasteiger partial charge in [0.1, 0.15) is 6.61 Å². The molecule has 8 nitrogen and oxygen atoms in total. The molecule has 0 aliphatic rings. The summed E-state index contributed by atoms with van der Waals surface area (Å²) in [6, 6.07) is -0.635. The van der Waals surface area contributed by atoms with Crippen molar-refractivity contribution in [3.8, 4) is 0 Å². The zero-order valence-corrected chi connectivity index (χ0v) is 35.3. The molecule has 0 saturated heterocycles. The Morgan fingerprint density at radius 2 is 0.946 bits per heavy atom. The van der Waals surface area contributed by atoms with Crippen LogP contribution in [-0.4, -0.2) is 80.6 Å². The molecule has 0 spiro atoms. The van der Waals surface area contributed by atoms with Gasteiger partial charge in [0.15, 0.2) is 12.1 Å². The quantitative estimate of drug-likeness (QED) is 0.0301. The van der Waals surface area contributed by atoms with Gasteiger partial charge in [0, 0.05) is 19.3 Å². The minimum Gasteiger partial charge on any atom is -0.477 e. The van der Waals surface area contributed by atoms with E-state index in [1.807, 2.05) is 112 Å². The topological polar surface area (TPSA) is 99.1 Å². The summed E-state index contributed by atoms with van der Waals surface area (Å²) < 4.78 is 17.2. The summed E-state index contributed by atoms with van der Waals surface area (Å²) in [7, 11) is 5.48. The van der Waals surface area contributed by atoms with Crippen LogP contribution in [0, 0.1) is 0 Å². The third kappa shape index (κ3) is 35.4. The van der Waals surface area contributed by atoms with E-state index in [2.05, 4.69) is 44.2 Å². The number of quaternary nitrogens is 1. The van der Waals surface area contributed by atoms with E-state index in [9.17, 15) is 19.5 Å². The standard InChI is InChI=1S/C48H73NO7/c1-6-8-10-12-14-16-18-20-22-23-25-27-29-31-33-35-37-39-47(51)56-44(42-54-41-40-45(48(52)53)49(3,4)5)43-55-46(50)38-36-34-32-30-28-26-24-21-19-17-15-13-11-9-7-2/h8-25,27,29,44-45H,6-7,26,28,30-43H2,1-5H3/p+1/b10-8+,11-9+,14-12+,15-13+,18-16+,19-17+,22-20+,24-21+,25-23+,29-27+. The van der Waals surface area contributed by atoms with Gasteiger partial charge in [-0.25, -0.2) is 4.79 Å². The summed E-state index contributed by atoms with van der Waals surface area (Å²) in [5.74, 6) is -1.58. The first-order valence-electron chi connectivity index (χ1n) is 20.7. The third-order valence-corrected chi connectivity index (χ3v) is 8.36. The summed E-state index contributed by atoms with van der Waals surface area (Å²) >= 11 is 0. The molecule has 56 heavy (non-hydrogen) atoms. The number of ether oxygens (including phenoxy) is 3. The third-order valence-electron chi connectivity index (χ3n) is 8.36. The van der Waals surface area contributed by atoms with Gasteiger partial charge in [-0.05, 0) is 51.4 Å². The highest BCUT2D eigenvalue weighted by atomic mass is 16.6. The highest BCUT2D eigenvalue weighted by molar-refractivity contribution is 5.72. The van der Waals surface area contributed by atoms with Crippen LogP contribution in [0.15, 0.2) is 122 Å². The number of hydrogen-bond donors (Lipinski definition) is 1. The molecular weight excluding hydrogens is 703 g/mol. The van der Waals surface area contributed by atoms with Gasteiger partial charge >= 0.3 is 17.9 Å². The average molecular weight is 777 g/mol. The van der Waals surface area contributed by atoms with Crippen molar-refractivity contribution in [2.24, 2.45) is 0 Å². The fourth-order valence-corrected chi connectivity index (χ4v) is 5.19. The molecule has 312 valence electrons. The number of likely N-dealkylation sites (N-methyl/N-ethyl adjacent to an activating group) is 1. The zero-order valence-electron chi connectivity index (χ0n) is 35.3. The fraction of sp³-hybridized carbons (Fsp3) is 0.521. The van der Waals surface area contributed by atoms with Gasteiger partial charge in [-0.2, -0.15) is 0 Å². The van der Waals surface area contributed by atoms with Crippen LogP contribution in [-0.2, 0) is 28.6 Å². The highest BCUT2D eigenvalue weighted by Crippen LogP contribution is 2.12. The summed E-state index contributed by atoms with van der Waals surface area (Å²) in [6.07, 6.45) is 52.4. The summed E-state index contributed by atoms with van der Waals surface area (Å²) in [4.78, 5) is 36.9. The molecule has 1 N–H and O–H groups in total. The number of carboxylic acid groups (broad SMARTS) is 1. The van der Waals surface area contributed by atoms with Crippen LogP contribution in [0.1, 0.15) is 110 Å². The number of hydrogen-bond acceptors (Lipinski definition) is 6. The SMILES string of the molecule is CC/C=C/C=C/C=C/C=C/C=C/C=C/CCCCCC(=O)OC(COCCC(C(=O)O)[N+](C)(C)C)COC(=O)CCCCCCC/C=C/C=C/C=C/C=C/CC. The van der Waals surface area contributed by atoms with Crippen LogP contribution < -0.4 is 0 Å². The Hall–Kier alpha value is -4.27. The predicted octanol–water partition coefficient (Wildman–Crippen LogP) is 11.1. The second-order valence-corrected chi connectivity index (χ2v) is 14.4. The number of rotatable bonds is 34. The van der Waals surface area contributed by atoms with Crippen LogP contribution in [0.25, 0.3) is 0 Å². The van der Waals surface area contributed by atoms with Crippen molar-refractivity contribution >= 4 is 17.9 Å². The predicted molar refractivity (Wildman–Crippen MR) is 233 cm³/mol. The highest BCUT2D eigenvalue weighted by Gasteiger charge is 2.31. The largest absolute Gasteiger partial charge is 0.477 e. The molecule has 0 fully saturated rings. The van der Waals surface area contributed by atoms with Crippen LogP contribution >= 0.6 is 0 Å². The summed E-state index contributed by atoms with van der Waals surface area (Å²) in [5.41, 5.74) is 0. The maximum Gasteiger partial charge on any atom is 0.362 e. The molecule has 0 amide bonds. The normalized spacial score (nSPS) is 14.2. The lowest BCUT2D eigenvalue weighted by Crippen LogP contribution is -2.50. The van der Waals surface area contributed by atoms with E-state index < -0.39 is 18.1 Å². The van der Waals surface area contributed by atoms with Gasteiger partial charge < -0.3 is 23.8 Å². The molecule has 0 aliphatic heterocycles. The van der Waals surface area contributed by atoms with E-state index in [4.69, 9.17) is 14.2 Å². The molecule has 0 bridgehead atoms. The Balaban J connectivity index is 4.56. The molecule has 0 aliphatic carbocycles. The van der Waals surface area contributed by atoms with E-state index >= 15 is 0 Å². The van der Waals surface area contributed by atoms with Gasteiger partial charge in [-0.3, -0.25) is 9.59 Å². The molecule has 2 atom stereocenters. The zero-order chi connectivity index (χ0) is 41.4. The summed E-state index contributed by atoms with van der Waals surface area (Å²) in [6.45, 7) is 4.34. The first kappa shape index (κ1) is 51.7. The molecule has 0 heterocycles. The van der Waals surface area contributed by atoms with Gasteiger partial charge in [-0.1, -0.05) is 161 Å². The number of allylic oxidation sites excluding steroid dienone is 20. The van der Waals surface area contributed by atoms with Crippen molar-refractivity contribution in [3.63, 3.8) is 0 Å². The van der Waals surface area contributed by atoms with Crippen LogP contribution in [0.4, 0.5) is 0 Å². The van der Waals surface area contributed by atoms with E-state index in [1.54, 1.807) is 0 Å². The first-order chi connectivity index (χ1) is 27.1. The Bertz CT molecular complexity index is 1320. The second kappa shape index (κ2) is 37.6. The van der Waals surface area contributed by atoms with E-state index in [-0.39, 0.29) is 42.7 Å². The number of unbranched alkanes of at least 4 members (excludes halogenated alkanes) is 8. The number of carbonyl (C=O) groups is 3. The molecule has 0 aromatic rings. The molecule has 2 unspecified atom stereocenters. The minimum absolute atomic E-state index is 0.0250. The molecular formula is C48H74NO7+. The maximum absolute atomic E-state index is 12.7. The Morgan fingerprint density at radius 1 is 0.536 bits per heavy atom. The second-order valence-electron chi connectivity index (χ2n) is 14.4. The van der Waals surface area contributed by atoms with Crippen LogP contribution in [0.2, 0.25) is 0 Å². The molecule has 0 aromatic heterocycles. The van der Waals surface area contributed by atoms with Crippen molar-refractivity contribution in [3.05, 3.63) is 122 Å². The molecule has 0 aromatic carbocycles. The molecule has 8 heteroatoms. The molecule has 0 saturated carbocycles. The van der Waals surface area contributed by atoms with Crippen LogP contribution in [0.3, 0.4) is 0 Å². The van der Waals surface area contributed by atoms with Gasteiger partial charge in [0.2, 0.25) is 0 Å². The smallest absolute Gasteiger partial charge is 0.362 e. The lowest BCUT2D eigenvalue weighted by molar-refractivity contribution is -0.887. The number of esters is 2. The first-order valence-corrected chi connectivity index (χ1v) is 20.7. The van der Waals surface area contributed by atoms with Gasteiger partial charge in [-0.15, -0.1) is 0 Å². The van der Waals surface area contributed by atoms with E-state index in [0.717, 1.165) is 70.6 Å². The lowest BCUT2D eigenvalue weighted by atomic mass is 10.1. The average Bonchev–Trinajstić information content (AvgIpc) is 3.15. The number of carboxylic acids is 1. The van der Waals surface area contributed by atoms with E-state index in [0.29, 0.717) is 19.3 Å². The minimum atomic E-state index is -0.894. The van der Waals surface area contributed by atoms with Crippen molar-refractivity contribution in [2.75, 3.05) is 41.0 Å². The monoisotopic (exact) mass is 777 g/mol. The Morgan fingerprint density at radius 3 is 1.41 bits per heavy atom. The Kier molecular flexibility index (Phi) is 34.8. The Labute approximate surface area is 340 Å². The number of carbonyl (C=O) groups excluding carboxylic acids is 2. The van der Waals surface area contributed by atoms with Crippen molar-refractivity contribution in [2.45, 2.75) is 122 Å². The van der Waals surface area contributed by atoms with Crippen molar-refractivity contribution in [1.82, 2.24) is 0 Å². The maximum atomic E-state index is 12.7. The molecule has 0 radical (unpaired) electrons. The van der Waals surface area contributed by atoms with Crippen molar-refractivity contribution in [1.29, 1.82) is 0 Å². The summed E-state index contributed by atoms with van der Waals surface area (Å²) in [5, 5.41) is 9.61. The van der Waals surface area contributed by atoms with Crippen molar-refractivity contribution < 1.29 is 38.2 Å². The van der Waals surface area contributed by atoms with E-state index in [1.165, 1.54) is 0 Å². The van der Waals surface area contributed by atoms with Gasteiger partial charge in [0.05, 0.1) is 34.4 Å². The van der Waals surface area contributed by atoms with Gasteiger partial charge in [0.25, 0.3) is 0 Å². The van der Waals surface area contributed by atoms with Crippen LogP contribution in [0.5, 0.6) is 0 Å². The number of aliphatic carboxylic acids is 1. The number of nitrogens with zero attached hydrogens (tertiary/aromatic N) is 1. The molecule has 0 rings (SSSR count). The lowest BCUT2D eigenvalue weighted by Gasteiger charge is -2.31. The fourth-order valence-electron chi connectivity index (χ4n) is 5.19.